The fourth-order valence-electron chi connectivity index (χ4n) is 2.31. The van der Waals surface area contributed by atoms with Crippen molar-refractivity contribution in [3.63, 3.8) is 0 Å². The van der Waals surface area contributed by atoms with Crippen LogP contribution in [-0.2, 0) is 4.74 Å². The first-order valence-corrected chi connectivity index (χ1v) is 9.01. The standard InChI is InChI=1S/C19H34N4O/c1-5-24-14-10-9-13-21-19(20-4)22-15-18(16(2)3)23-17-11-7-6-8-12-17/h6-8,11-12,16,18,23H,5,9-10,13-15H2,1-4H3,(H2,20,21,22). The van der Waals surface area contributed by atoms with Crippen molar-refractivity contribution in [3.8, 4) is 0 Å². The van der Waals surface area contributed by atoms with Crippen molar-refractivity contribution in [2.24, 2.45) is 10.9 Å². The Labute approximate surface area is 147 Å². The Bertz CT molecular complexity index is 448. The van der Waals surface area contributed by atoms with Gasteiger partial charge in [-0.3, -0.25) is 4.99 Å². The van der Waals surface area contributed by atoms with E-state index in [-0.39, 0.29) is 0 Å². The molecule has 0 aliphatic heterocycles. The third kappa shape index (κ3) is 8.77. The topological polar surface area (TPSA) is 57.7 Å². The Morgan fingerprint density at radius 1 is 1.12 bits per heavy atom. The van der Waals surface area contributed by atoms with E-state index in [4.69, 9.17) is 4.74 Å². The number of guanidine groups is 1. The van der Waals surface area contributed by atoms with Crippen molar-refractivity contribution >= 4 is 11.6 Å². The lowest BCUT2D eigenvalue weighted by molar-refractivity contribution is 0.143. The van der Waals surface area contributed by atoms with E-state index >= 15 is 0 Å². The summed E-state index contributed by atoms with van der Waals surface area (Å²) in [6.07, 6.45) is 2.15. The van der Waals surface area contributed by atoms with Gasteiger partial charge in [-0.1, -0.05) is 32.0 Å². The molecule has 1 aromatic carbocycles. The van der Waals surface area contributed by atoms with Crippen molar-refractivity contribution in [1.82, 2.24) is 10.6 Å². The van der Waals surface area contributed by atoms with Crippen LogP contribution >= 0.6 is 0 Å². The summed E-state index contributed by atoms with van der Waals surface area (Å²) in [7, 11) is 1.81. The van der Waals surface area contributed by atoms with Gasteiger partial charge in [0, 0.05) is 45.1 Å². The highest BCUT2D eigenvalue weighted by Crippen LogP contribution is 2.11. The Balaban J connectivity index is 2.33. The van der Waals surface area contributed by atoms with E-state index < -0.39 is 0 Å². The van der Waals surface area contributed by atoms with Gasteiger partial charge in [0.05, 0.1) is 0 Å². The van der Waals surface area contributed by atoms with Gasteiger partial charge in [0.1, 0.15) is 0 Å². The molecule has 1 aromatic rings. The number of benzene rings is 1. The van der Waals surface area contributed by atoms with Crippen LogP contribution in [0.3, 0.4) is 0 Å². The predicted molar refractivity (Wildman–Crippen MR) is 104 cm³/mol. The minimum atomic E-state index is 0.337. The molecule has 0 spiro atoms. The van der Waals surface area contributed by atoms with Crippen LogP contribution in [0.5, 0.6) is 0 Å². The highest BCUT2D eigenvalue weighted by atomic mass is 16.5. The normalized spacial score (nSPS) is 13.0. The van der Waals surface area contributed by atoms with E-state index in [1.54, 1.807) is 0 Å². The van der Waals surface area contributed by atoms with Crippen LogP contribution in [0.25, 0.3) is 0 Å². The monoisotopic (exact) mass is 334 g/mol. The summed E-state index contributed by atoms with van der Waals surface area (Å²) in [6, 6.07) is 10.7. The molecule has 0 aliphatic rings. The lowest BCUT2D eigenvalue weighted by atomic mass is 10.0. The Morgan fingerprint density at radius 3 is 2.50 bits per heavy atom. The summed E-state index contributed by atoms with van der Waals surface area (Å²) in [5, 5.41) is 10.4. The second-order valence-electron chi connectivity index (χ2n) is 6.14. The summed E-state index contributed by atoms with van der Waals surface area (Å²) in [4.78, 5) is 4.30. The number of ether oxygens (including phenoxy) is 1. The first-order valence-electron chi connectivity index (χ1n) is 9.01. The first-order chi connectivity index (χ1) is 11.7. The molecule has 0 aromatic heterocycles. The molecular formula is C19H34N4O. The maximum Gasteiger partial charge on any atom is 0.191 e. The third-order valence-corrected chi connectivity index (χ3v) is 3.86. The van der Waals surface area contributed by atoms with Crippen LogP contribution < -0.4 is 16.0 Å². The molecule has 5 nitrogen and oxygen atoms in total. The van der Waals surface area contributed by atoms with E-state index in [0.717, 1.165) is 50.8 Å². The lowest BCUT2D eigenvalue weighted by Crippen LogP contribution is -2.45. The van der Waals surface area contributed by atoms with Gasteiger partial charge in [0.2, 0.25) is 0 Å². The summed E-state index contributed by atoms with van der Waals surface area (Å²) < 4.78 is 5.35. The van der Waals surface area contributed by atoms with Crippen LogP contribution in [-0.4, -0.2) is 45.4 Å². The molecule has 3 N–H and O–H groups in total. The van der Waals surface area contributed by atoms with Gasteiger partial charge in [-0.25, -0.2) is 0 Å². The number of hydrogen-bond acceptors (Lipinski definition) is 3. The molecular weight excluding hydrogens is 300 g/mol. The summed E-state index contributed by atoms with van der Waals surface area (Å²) in [5.74, 6) is 1.37. The van der Waals surface area contributed by atoms with Crippen LogP contribution in [0.4, 0.5) is 5.69 Å². The number of rotatable bonds is 11. The minimum Gasteiger partial charge on any atom is -0.382 e. The molecule has 1 rings (SSSR count). The number of unbranched alkanes of at least 4 members (excludes halogenated alkanes) is 1. The zero-order valence-electron chi connectivity index (χ0n) is 15.6. The van der Waals surface area contributed by atoms with Crippen LogP contribution in [0.1, 0.15) is 33.6 Å². The fraction of sp³-hybridized carbons (Fsp3) is 0.632. The quantitative estimate of drug-likeness (QED) is 0.331. The summed E-state index contributed by atoms with van der Waals surface area (Å²) in [5.41, 5.74) is 1.15. The Morgan fingerprint density at radius 2 is 1.88 bits per heavy atom. The fourth-order valence-corrected chi connectivity index (χ4v) is 2.31. The second-order valence-corrected chi connectivity index (χ2v) is 6.14. The first kappa shape index (κ1) is 20.3. The molecule has 1 unspecified atom stereocenters. The molecule has 1 atom stereocenters. The number of para-hydroxylation sites is 1. The van der Waals surface area contributed by atoms with Crippen LogP contribution in [0, 0.1) is 5.92 Å². The van der Waals surface area contributed by atoms with Crippen molar-refractivity contribution in [2.45, 2.75) is 39.7 Å². The van der Waals surface area contributed by atoms with Gasteiger partial charge in [0.25, 0.3) is 0 Å². The number of nitrogens with one attached hydrogen (secondary N) is 3. The third-order valence-electron chi connectivity index (χ3n) is 3.86. The molecule has 0 saturated heterocycles. The largest absolute Gasteiger partial charge is 0.382 e. The van der Waals surface area contributed by atoms with Crippen molar-refractivity contribution in [1.29, 1.82) is 0 Å². The van der Waals surface area contributed by atoms with Gasteiger partial charge < -0.3 is 20.7 Å². The van der Waals surface area contributed by atoms with Crippen molar-refractivity contribution < 1.29 is 4.74 Å². The molecule has 0 radical (unpaired) electrons. The molecule has 0 aliphatic carbocycles. The molecule has 0 amide bonds. The second kappa shape index (κ2) is 12.6. The predicted octanol–water partition coefficient (Wildman–Crippen LogP) is 3.10. The average molecular weight is 335 g/mol. The molecule has 136 valence electrons. The van der Waals surface area contributed by atoms with E-state index in [9.17, 15) is 0 Å². The van der Waals surface area contributed by atoms with E-state index in [0.29, 0.717) is 12.0 Å². The summed E-state index contributed by atoms with van der Waals surface area (Å²) >= 11 is 0. The maximum absolute atomic E-state index is 5.35. The molecule has 5 heteroatoms. The van der Waals surface area contributed by atoms with Gasteiger partial charge in [-0.2, -0.15) is 0 Å². The SMILES string of the molecule is CCOCCCCNC(=NC)NCC(Nc1ccccc1)C(C)C. The van der Waals surface area contributed by atoms with Gasteiger partial charge in [-0.05, 0) is 37.8 Å². The average Bonchev–Trinajstić information content (AvgIpc) is 2.60. The minimum absolute atomic E-state index is 0.337. The highest BCUT2D eigenvalue weighted by Gasteiger charge is 2.13. The molecule has 0 heterocycles. The zero-order chi connectivity index (χ0) is 17.6. The van der Waals surface area contributed by atoms with E-state index in [1.807, 2.05) is 20.0 Å². The van der Waals surface area contributed by atoms with Gasteiger partial charge in [-0.15, -0.1) is 0 Å². The number of anilines is 1. The van der Waals surface area contributed by atoms with E-state index in [1.165, 1.54) is 0 Å². The van der Waals surface area contributed by atoms with Crippen LogP contribution in [0.15, 0.2) is 35.3 Å². The smallest absolute Gasteiger partial charge is 0.191 e. The molecule has 0 saturated carbocycles. The van der Waals surface area contributed by atoms with Crippen LogP contribution in [0.2, 0.25) is 0 Å². The van der Waals surface area contributed by atoms with Gasteiger partial charge in [0.15, 0.2) is 5.96 Å². The highest BCUT2D eigenvalue weighted by molar-refractivity contribution is 5.79. The molecule has 0 bridgehead atoms. The van der Waals surface area contributed by atoms with Gasteiger partial charge >= 0.3 is 0 Å². The lowest BCUT2D eigenvalue weighted by Gasteiger charge is -2.25. The number of nitrogens with zero attached hydrogens (tertiary/aromatic N) is 1. The van der Waals surface area contributed by atoms with E-state index in [2.05, 4.69) is 59.1 Å². The van der Waals surface area contributed by atoms with Crippen molar-refractivity contribution in [3.05, 3.63) is 30.3 Å². The maximum atomic E-state index is 5.35. The zero-order valence-corrected chi connectivity index (χ0v) is 15.6. The Kier molecular flexibility index (Phi) is 10.7. The number of aliphatic imine (C=N–C) groups is 1. The number of hydrogen-bond donors (Lipinski definition) is 3. The molecule has 0 fully saturated rings. The summed E-state index contributed by atoms with van der Waals surface area (Å²) in [6.45, 7) is 9.84. The van der Waals surface area contributed by atoms with Crippen molar-refractivity contribution in [2.75, 3.05) is 38.7 Å². The molecule has 24 heavy (non-hydrogen) atoms. The Hall–Kier alpha value is -1.75.